The van der Waals surface area contributed by atoms with E-state index in [0.29, 0.717) is 28.3 Å². The number of benzene rings is 2. The van der Waals surface area contributed by atoms with Gasteiger partial charge in [-0.2, -0.15) is 0 Å². The molecule has 2 aromatic carbocycles. The number of carbonyl (C=O) groups excluding carboxylic acids is 1. The molecule has 176 valence electrons. The zero-order chi connectivity index (χ0) is 24.0. The predicted octanol–water partition coefficient (Wildman–Crippen LogP) is 3.41. The van der Waals surface area contributed by atoms with Gasteiger partial charge in [0.15, 0.2) is 5.13 Å². The SMILES string of the molecule is COc1ccc(C(=O)c2sc(Nc3ccc(OCCN(C)C)cc3)nc2N)cc1N(O)OC. The molecular weight excluding hydrogens is 446 g/mol. The van der Waals surface area contributed by atoms with E-state index in [2.05, 4.69) is 10.3 Å². The van der Waals surface area contributed by atoms with Crippen LogP contribution in [0.25, 0.3) is 0 Å². The van der Waals surface area contributed by atoms with Gasteiger partial charge in [0.25, 0.3) is 0 Å². The number of aromatic nitrogens is 1. The molecule has 0 aliphatic rings. The quantitative estimate of drug-likeness (QED) is 0.282. The van der Waals surface area contributed by atoms with Gasteiger partial charge in [-0.3, -0.25) is 14.8 Å². The minimum atomic E-state index is -0.337. The van der Waals surface area contributed by atoms with Crippen molar-refractivity contribution in [2.45, 2.75) is 0 Å². The number of hydrogen-bond acceptors (Lipinski definition) is 11. The molecule has 0 amide bonds. The maximum Gasteiger partial charge on any atom is 0.206 e. The molecule has 0 radical (unpaired) electrons. The van der Waals surface area contributed by atoms with Crippen molar-refractivity contribution < 1.29 is 24.3 Å². The molecule has 1 heterocycles. The van der Waals surface area contributed by atoms with Crippen molar-refractivity contribution in [3.8, 4) is 11.5 Å². The number of anilines is 4. The molecule has 0 saturated carbocycles. The summed E-state index contributed by atoms with van der Waals surface area (Å²) in [5.74, 6) is 0.878. The molecule has 0 bridgehead atoms. The summed E-state index contributed by atoms with van der Waals surface area (Å²) < 4.78 is 10.9. The van der Waals surface area contributed by atoms with E-state index in [9.17, 15) is 10.0 Å². The molecule has 10 nitrogen and oxygen atoms in total. The zero-order valence-electron chi connectivity index (χ0n) is 18.9. The standard InChI is InChI=1S/C22H27N5O5S/c1-26(2)11-12-32-16-8-6-15(7-9-16)24-22-25-21(23)20(33-22)19(28)14-5-10-18(30-3)17(13-14)27(29)31-4/h5-10,13,29H,11-12,23H2,1-4H3,(H,24,25). The maximum atomic E-state index is 13.0. The number of ether oxygens (including phenoxy) is 2. The first-order valence-electron chi connectivity index (χ1n) is 9.99. The average Bonchev–Trinajstić information content (AvgIpc) is 3.18. The molecule has 0 aliphatic heterocycles. The lowest BCUT2D eigenvalue weighted by atomic mass is 10.1. The highest BCUT2D eigenvalue weighted by Crippen LogP contribution is 2.33. The Labute approximate surface area is 196 Å². The third kappa shape index (κ3) is 6.11. The van der Waals surface area contributed by atoms with Crippen molar-refractivity contribution in [2.24, 2.45) is 0 Å². The number of ketones is 1. The Hall–Kier alpha value is -3.38. The number of carbonyl (C=O) groups is 1. The third-order valence-corrected chi connectivity index (χ3v) is 5.58. The first-order chi connectivity index (χ1) is 15.8. The lowest BCUT2D eigenvalue weighted by Crippen LogP contribution is -2.19. The Morgan fingerprint density at radius 3 is 2.55 bits per heavy atom. The fourth-order valence-corrected chi connectivity index (χ4v) is 3.73. The zero-order valence-corrected chi connectivity index (χ0v) is 19.7. The van der Waals surface area contributed by atoms with Crippen molar-refractivity contribution in [1.82, 2.24) is 9.88 Å². The number of likely N-dealkylation sites (N-methyl/N-ethyl adjacent to an activating group) is 1. The Balaban J connectivity index is 1.73. The molecule has 1 aromatic heterocycles. The molecule has 4 N–H and O–H groups in total. The molecular formula is C22H27N5O5S. The van der Waals surface area contributed by atoms with Crippen molar-refractivity contribution in [3.05, 3.63) is 52.9 Å². The summed E-state index contributed by atoms with van der Waals surface area (Å²) in [5, 5.41) is 14.0. The number of rotatable bonds is 11. The van der Waals surface area contributed by atoms with E-state index in [1.165, 1.54) is 20.3 Å². The number of nitrogen functional groups attached to an aromatic ring is 1. The highest BCUT2D eigenvalue weighted by atomic mass is 32.1. The van der Waals surface area contributed by atoms with Gasteiger partial charge in [-0.1, -0.05) is 11.3 Å². The summed E-state index contributed by atoms with van der Waals surface area (Å²) in [4.78, 5) is 24.4. The number of nitrogens with one attached hydrogen (secondary N) is 1. The molecule has 0 spiro atoms. The van der Waals surface area contributed by atoms with E-state index in [1.54, 1.807) is 12.1 Å². The Morgan fingerprint density at radius 2 is 1.91 bits per heavy atom. The van der Waals surface area contributed by atoms with E-state index in [-0.39, 0.29) is 22.2 Å². The fourth-order valence-electron chi connectivity index (χ4n) is 2.86. The van der Waals surface area contributed by atoms with Crippen LogP contribution in [-0.2, 0) is 4.84 Å². The van der Waals surface area contributed by atoms with E-state index in [0.717, 1.165) is 29.3 Å². The number of nitrogens with two attached hydrogens (primary N) is 1. The molecule has 0 unspecified atom stereocenters. The summed E-state index contributed by atoms with van der Waals surface area (Å²) in [5.41, 5.74) is 7.28. The van der Waals surface area contributed by atoms with Crippen molar-refractivity contribution in [3.63, 3.8) is 0 Å². The van der Waals surface area contributed by atoms with E-state index in [1.807, 2.05) is 43.3 Å². The van der Waals surface area contributed by atoms with Crippen LogP contribution >= 0.6 is 11.3 Å². The molecule has 3 aromatic rings. The number of nitrogens with zero attached hydrogens (tertiary/aromatic N) is 3. The molecule has 11 heteroatoms. The van der Waals surface area contributed by atoms with Crippen LogP contribution in [0.15, 0.2) is 42.5 Å². The smallest absolute Gasteiger partial charge is 0.206 e. The second kappa shape index (κ2) is 11.0. The van der Waals surface area contributed by atoms with Crippen LogP contribution in [0.4, 0.5) is 22.3 Å². The molecule has 0 atom stereocenters. The van der Waals surface area contributed by atoms with E-state index >= 15 is 0 Å². The topological polar surface area (TPSA) is 122 Å². The summed E-state index contributed by atoms with van der Waals surface area (Å²) in [6.07, 6.45) is 0. The van der Waals surface area contributed by atoms with Gasteiger partial charge >= 0.3 is 0 Å². The molecule has 3 rings (SSSR count). The highest BCUT2D eigenvalue weighted by molar-refractivity contribution is 7.18. The van der Waals surface area contributed by atoms with Crippen molar-refractivity contribution in [2.75, 3.05) is 57.7 Å². The second-order valence-corrected chi connectivity index (χ2v) is 8.20. The molecule has 0 saturated heterocycles. The summed E-state index contributed by atoms with van der Waals surface area (Å²) in [7, 11) is 6.72. The monoisotopic (exact) mass is 473 g/mol. The minimum absolute atomic E-state index is 0.112. The third-order valence-electron chi connectivity index (χ3n) is 4.59. The normalized spacial score (nSPS) is 10.8. The van der Waals surface area contributed by atoms with Crippen molar-refractivity contribution >= 4 is 39.4 Å². The predicted molar refractivity (Wildman–Crippen MR) is 128 cm³/mol. The van der Waals surface area contributed by atoms with E-state index < -0.39 is 0 Å². The van der Waals surface area contributed by atoms with Gasteiger partial charge < -0.3 is 25.4 Å². The Bertz CT molecular complexity index is 1090. The van der Waals surface area contributed by atoms with Crippen LogP contribution in [0, 0.1) is 0 Å². The van der Waals surface area contributed by atoms with Gasteiger partial charge in [0, 0.05) is 17.8 Å². The molecule has 0 fully saturated rings. The number of methoxy groups -OCH3 is 1. The van der Waals surface area contributed by atoms with Crippen LogP contribution in [0.1, 0.15) is 15.2 Å². The highest BCUT2D eigenvalue weighted by Gasteiger charge is 2.21. The van der Waals surface area contributed by atoms with Gasteiger partial charge in [-0.05, 0) is 56.6 Å². The van der Waals surface area contributed by atoms with Gasteiger partial charge in [-0.25, -0.2) is 4.98 Å². The van der Waals surface area contributed by atoms with Crippen LogP contribution in [0.5, 0.6) is 11.5 Å². The Morgan fingerprint density at radius 1 is 1.18 bits per heavy atom. The summed E-state index contributed by atoms with van der Waals surface area (Å²) in [6.45, 7) is 1.42. The van der Waals surface area contributed by atoms with Gasteiger partial charge in [0.1, 0.15) is 34.5 Å². The fraction of sp³-hybridized carbons (Fsp3) is 0.273. The summed E-state index contributed by atoms with van der Waals surface area (Å²) >= 11 is 1.14. The lowest BCUT2D eigenvalue weighted by molar-refractivity contribution is -0.0119. The van der Waals surface area contributed by atoms with E-state index in [4.69, 9.17) is 20.0 Å². The summed E-state index contributed by atoms with van der Waals surface area (Å²) in [6, 6.07) is 12.0. The average molecular weight is 474 g/mol. The van der Waals surface area contributed by atoms with Crippen molar-refractivity contribution in [1.29, 1.82) is 0 Å². The van der Waals surface area contributed by atoms with Crippen LogP contribution < -0.4 is 25.8 Å². The van der Waals surface area contributed by atoms with Gasteiger partial charge in [-0.15, -0.1) is 5.23 Å². The molecule has 33 heavy (non-hydrogen) atoms. The first kappa shape index (κ1) is 24.3. The second-order valence-electron chi connectivity index (χ2n) is 7.21. The largest absolute Gasteiger partial charge is 0.494 e. The number of hydrogen-bond donors (Lipinski definition) is 3. The Kier molecular flexibility index (Phi) is 8.06. The van der Waals surface area contributed by atoms with Gasteiger partial charge in [0.05, 0.1) is 14.2 Å². The van der Waals surface area contributed by atoms with Crippen LogP contribution in [0.2, 0.25) is 0 Å². The number of thiazole rings is 1. The molecule has 0 aliphatic carbocycles. The first-order valence-corrected chi connectivity index (χ1v) is 10.8. The van der Waals surface area contributed by atoms with Gasteiger partial charge in [0.2, 0.25) is 5.78 Å². The lowest BCUT2D eigenvalue weighted by Gasteiger charge is -2.17. The maximum absolute atomic E-state index is 13.0. The van der Waals surface area contributed by atoms with Crippen LogP contribution in [0.3, 0.4) is 0 Å². The van der Waals surface area contributed by atoms with Crippen LogP contribution in [-0.4, -0.2) is 62.3 Å². The minimum Gasteiger partial charge on any atom is -0.494 e.